The normalized spacial score (nSPS) is 19.0. The van der Waals surface area contributed by atoms with Crippen molar-refractivity contribution >= 4 is 37.6 Å². The van der Waals surface area contributed by atoms with Crippen LogP contribution in [-0.4, -0.2) is 55.9 Å². The second-order valence-electron chi connectivity index (χ2n) is 6.58. The second kappa shape index (κ2) is 8.31. The zero-order valence-electron chi connectivity index (χ0n) is 14.3. The van der Waals surface area contributed by atoms with Gasteiger partial charge in [-0.1, -0.05) is 35.8 Å². The van der Waals surface area contributed by atoms with Gasteiger partial charge in [-0.25, -0.2) is 13.2 Å². The SMILES string of the molecule is CC(C)CN(C(=O)COC(=O)c1cccc(Br)c1)[C@H]1CCS(=O)(=O)C1. The molecule has 0 saturated carbocycles. The minimum absolute atomic E-state index is 0.0228. The van der Waals surface area contributed by atoms with E-state index < -0.39 is 22.4 Å². The molecule has 1 atom stereocenters. The summed E-state index contributed by atoms with van der Waals surface area (Å²) >= 11 is 3.28. The van der Waals surface area contributed by atoms with Gasteiger partial charge in [0.05, 0.1) is 17.1 Å². The maximum atomic E-state index is 12.5. The number of carbonyl (C=O) groups excluding carboxylic acids is 2. The first-order valence-electron chi connectivity index (χ1n) is 8.10. The first kappa shape index (κ1) is 19.9. The molecule has 1 aromatic rings. The maximum Gasteiger partial charge on any atom is 0.338 e. The van der Waals surface area contributed by atoms with Crippen LogP contribution in [0.3, 0.4) is 0 Å². The molecule has 8 heteroatoms. The number of benzene rings is 1. The molecule has 1 aromatic carbocycles. The van der Waals surface area contributed by atoms with Crippen LogP contribution in [0.2, 0.25) is 0 Å². The summed E-state index contributed by atoms with van der Waals surface area (Å²) < 4.78 is 29.3. The Kier molecular flexibility index (Phi) is 6.62. The number of nitrogens with zero attached hydrogens (tertiary/aromatic N) is 1. The summed E-state index contributed by atoms with van der Waals surface area (Å²) in [6.45, 7) is 3.95. The lowest BCUT2D eigenvalue weighted by Crippen LogP contribution is -2.45. The lowest BCUT2D eigenvalue weighted by Gasteiger charge is -2.29. The van der Waals surface area contributed by atoms with Gasteiger partial charge in [-0.3, -0.25) is 4.79 Å². The zero-order valence-corrected chi connectivity index (χ0v) is 16.7. The summed E-state index contributed by atoms with van der Waals surface area (Å²) in [5, 5.41) is 0. The number of hydrogen-bond donors (Lipinski definition) is 0. The van der Waals surface area contributed by atoms with Crippen molar-refractivity contribution in [3.63, 3.8) is 0 Å². The monoisotopic (exact) mass is 431 g/mol. The summed E-state index contributed by atoms with van der Waals surface area (Å²) in [6, 6.07) is 6.36. The molecule has 1 heterocycles. The van der Waals surface area contributed by atoms with Crippen LogP contribution in [-0.2, 0) is 19.4 Å². The Morgan fingerprint density at radius 1 is 1.36 bits per heavy atom. The third kappa shape index (κ3) is 5.81. The van der Waals surface area contributed by atoms with Crippen LogP contribution in [0.15, 0.2) is 28.7 Å². The number of sulfone groups is 1. The first-order chi connectivity index (χ1) is 11.7. The molecule has 0 aliphatic carbocycles. The summed E-state index contributed by atoms with van der Waals surface area (Å²) in [7, 11) is -3.10. The van der Waals surface area contributed by atoms with Gasteiger partial charge in [0.25, 0.3) is 5.91 Å². The molecule has 25 heavy (non-hydrogen) atoms. The molecule has 1 amide bonds. The zero-order chi connectivity index (χ0) is 18.6. The summed E-state index contributed by atoms with van der Waals surface area (Å²) in [5.74, 6) is -0.687. The van der Waals surface area contributed by atoms with Gasteiger partial charge in [-0.2, -0.15) is 0 Å². The predicted molar refractivity (Wildman–Crippen MR) is 98.0 cm³/mol. The molecular weight excluding hydrogens is 410 g/mol. The molecule has 1 fully saturated rings. The summed E-state index contributed by atoms with van der Waals surface area (Å²) in [6.07, 6.45) is 0.431. The molecule has 0 spiro atoms. The van der Waals surface area contributed by atoms with Gasteiger partial charge >= 0.3 is 5.97 Å². The van der Waals surface area contributed by atoms with E-state index in [0.717, 1.165) is 4.47 Å². The van der Waals surface area contributed by atoms with E-state index in [1.165, 1.54) is 0 Å². The molecule has 0 radical (unpaired) electrons. The van der Waals surface area contributed by atoms with Gasteiger partial charge in [0.1, 0.15) is 0 Å². The van der Waals surface area contributed by atoms with Crippen molar-refractivity contribution in [3.8, 4) is 0 Å². The van der Waals surface area contributed by atoms with Gasteiger partial charge in [-0.15, -0.1) is 0 Å². The molecule has 1 aliphatic heterocycles. The number of carbonyl (C=O) groups is 2. The molecule has 1 saturated heterocycles. The molecule has 6 nitrogen and oxygen atoms in total. The Bertz CT molecular complexity index is 747. The van der Waals surface area contributed by atoms with E-state index in [2.05, 4.69) is 15.9 Å². The number of amides is 1. The standard InChI is InChI=1S/C17H22BrNO5S/c1-12(2)9-19(15-6-7-25(22,23)11-15)16(20)10-24-17(21)13-4-3-5-14(18)8-13/h3-5,8,12,15H,6-7,9-11H2,1-2H3/t15-/m0/s1. The Morgan fingerprint density at radius 2 is 2.08 bits per heavy atom. The van der Waals surface area contributed by atoms with Crippen LogP contribution < -0.4 is 0 Å². The Morgan fingerprint density at radius 3 is 2.64 bits per heavy atom. The number of esters is 1. The van der Waals surface area contributed by atoms with Gasteiger partial charge in [0.2, 0.25) is 0 Å². The minimum atomic E-state index is -3.10. The Labute approximate surface area is 156 Å². The van der Waals surface area contributed by atoms with E-state index in [9.17, 15) is 18.0 Å². The van der Waals surface area contributed by atoms with Crippen molar-refractivity contribution in [1.29, 1.82) is 0 Å². The van der Waals surface area contributed by atoms with Crippen molar-refractivity contribution in [2.24, 2.45) is 5.92 Å². The van der Waals surface area contributed by atoms with Crippen molar-refractivity contribution in [3.05, 3.63) is 34.3 Å². The van der Waals surface area contributed by atoms with Gasteiger partial charge < -0.3 is 9.64 Å². The van der Waals surface area contributed by atoms with Gasteiger partial charge in [0, 0.05) is 17.1 Å². The van der Waals surface area contributed by atoms with Crippen LogP contribution in [0.25, 0.3) is 0 Å². The highest BCUT2D eigenvalue weighted by molar-refractivity contribution is 9.10. The smallest absolute Gasteiger partial charge is 0.338 e. The van der Waals surface area contributed by atoms with E-state index >= 15 is 0 Å². The second-order valence-corrected chi connectivity index (χ2v) is 9.73. The van der Waals surface area contributed by atoms with Gasteiger partial charge in [-0.05, 0) is 30.5 Å². The quantitative estimate of drug-likeness (QED) is 0.645. The molecule has 2 rings (SSSR count). The molecule has 138 valence electrons. The van der Waals surface area contributed by atoms with E-state index in [1.807, 2.05) is 13.8 Å². The highest BCUT2D eigenvalue weighted by Crippen LogP contribution is 2.19. The van der Waals surface area contributed by atoms with E-state index in [-0.39, 0.29) is 29.4 Å². The lowest BCUT2D eigenvalue weighted by atomic mass is 10.1. The van der Waals surface area contributed by atoms with Crippen LogP contribution in [0, 0.1) is 5.92 Å². The van der Waals surface area contributed by atoms with Gasteiger partial charge in [0.15, 0.2) is 16.4 Å². The fourth-order valence-electron chi connectivity index (χ4n) is 2.78. The van der Waals surface area contributed by atoms with E-state index in [0.29, 0.717) is 18.5 Å². The van der Waals surface area contributed by atoms with Crippen LogP contribution in [0.1, 0.15) is 30.6 Å². The molecular formula is C17H22BrNO5S. The molecule has 0 N–H and O–H groups in total. The average Bonchev–Trinajstić information content (AvgIpc) is 2.89. The minimum Gasteiger partial charge on any atom is -0.452 e. The largest absolute Gasteiger partial charge is 0.452 e. The van der Waals surface area contributed by atoms with E-state index in [4.69, 9.17) is 4.74 Å². The number of rotatable bonds is 6. The molecule has 1 aliphatic rings. The van der Waals surface area contributed by atoms with Crippen LogP contribution >= 0.6 is 15.9 Å². The third-order valence-electron chi connectivity index (χ3n) is 3.92. The molecule has 0 aromatic heterocycles. The third-order valence-corrected chi connectivity index (χ3v) is 6.16. The van der Waals surface area contributed by atoms with Crippen molar-refractivity contribution in [2.45, 2.75) is 26.3 Å². The maximum absolute atomic E-state index is 12.5. The fourth-order valence-corrected chi connectivity index (χ4v) is 4.91. The van der Waals surface area contributed by atoms with Crippen molar-refractivity contribution in [2.75, 3.05) is 24.7 Å². The summed E-state index contributed by atoms with van der Waals surface area (Å²) in [5.41, 5.74) is 0.348. The highest BCUT2D eigenvalue weighted by Gasteiger charge is 2.35. The predicted octanol–water partition coefficient (Wildman–Crippen LogP) is 2.28. The number of ether oxygens (including phenoxy) is 1. The first-order valence-corrected chi connectivity index (χ1v) is 10.7. The van der Waals surface area contributed by atoms with Crippen molar-refractivity contribution < 1.29 is 22.7 Å². The highest BCUT2D eigenvalue weighted by atomic mass is 79.9. The van der Waals surface area contributed by atoms with E-state index in [1.54, 1.807) is 29.2 Å². The average molecular weight is 432 g/mol. The van der Waals surface area contributed by atoms with Crippen LogP contribution in [0.5, 0.6) is 0 Å². The number of halogens is 1. The molecule has 0 unspecified atom stereocenters. The Balaban J connectivity index is 2.01. The van der Waals surface area contributed by atoms with Crippen LogP contribution in [0.4, 0.5) is 0 Å². The molecule has 0 bridgehead atoms. The Hall–Kier alpha value is -1.41. The summed E-state index contributed by atoms with van der Waals surface area (Å²) in [4.78, 5) is 26.1. The van der Waals surface area contributed by atoms with Crippen molar-refractivity contribution in [1.82, 2.24) is 4.90 Å². The lowest BCUT2D eigenvalue weighted by molar-refractivity contribution is -0.137. The topological polar surface area (TPSA) is 80.8 Å². The fraction of sp³-hybridized carbons (Fsp3) is 0.529. The number of hydrogen-bond acceptors (Lipinski definition) is 5.